The molecule has 0 saturated heterocycles. The van der Waals surface area contributed by atoms with E-state index in [1.54, 1.807) is 26.0 Å². The third-order valence-corrected chi connectivity index (χ3v) is 2.44. The molecule has 0 bridgehead atoms. The minimum Gasteiger partial charge on any atom is -0.494 e. The summed E-state index contributed by atoms with van der Waals surface area (Å²) >= 11 is 0. The van der Waals surface area contributed by atoms with Crippen LogP contribution in [0.2, 0.25) is 0 Å². The first kappa shape index (κ1) is 13.2. The predicted octanol–water partition coefficient (Wildman–Crippen LogP) is 2.76. The predicted molar refractivity (Wildman–Crippen MR) is 63.5 cm³/mol. The van der Waals surface area contributed by atoms with E-state index in [-0.39, 0.29) is 11.7 Å². The van der Waals surface area contributed by atoms with Crippen LogP contribution in [0.5, 0.6) is 5.75 Å². The number of ether oxygens (including phenoxy) is 2. The number of esters is 1. The number of methoxy groups -OCH3 is 1. The van der Waals surface area contributed by atoms with E-state index in [9.17, 15) is 9.70 Å². The van der Waals surface area contributed by atoms with Gasteiger partial charge in [0.25, 0.3) is 0 Å². The Morgan fingerprint density at radius 2 is 2.18 bits per heavy atom. The largest absolute Gasteiger partial charge is 0.494 e. The van der Waals surface area contributed by atoms with Gasteiger partial charge in [0.1, 0.15) is 11.4 Å². The topological polar surface area (TPSA) is 65.0 Å². The quantitative estimate of drug-likeness (QED) is 0.583. The fourth-order valence-corrected chi connectivity index (χ4v) is 1.44. The molecular formula is C12H15NO4. The summed E-state index contributed by atoms with van der Waals surface area (Å²) in [5.41, 5.74) is 0.944. The zero-order valence-electron chi connectivity index (χ0n) is 10.1. The van der Waals surface area contributed by atoms with E-state index < -0.39 is 5.92 Å². The van der Waals surface area contributed by atoms with Gasteiger partial charge in [-0.3, -0.25) is 4.79 Å². The van der Waals surface area contributed by atoms with Gasteiger partial charge >= 0.3 is 5.97 Å². The van der Waals surface area contributed by atoms with Crippen molar-refractivity contribution in [3.63, 3.8) is 0 Å². The van der Waals surface area contributed by atoms with Gasteiger partial charge in [0, 0.05) is 0 Å². The molecular weight excluding hydrogens is 222 g/mol. The van der Waals surface area contributed by atoms with Crippen LogP contribution in [-0.2, 0) is 9.53 Å². The van der Waals surface area contributed by atoms with Crippen LogP contribution < -0.4 is 4.74 Å². The van der Waals surface area contributed by atoms with Crippen LogP contribution in [0.1, 0.15) is 25.3 Å². The molecule has 0 spiro atoms. The molecule has 1 aromatic rings. The lowest BCUT2D eigenvalue weighted by molar-refractivity contribution is -0.144. The summed E-state index contributed by atoms with van der Waals surface area (Å²) in [5.74, 6) is -0.348. The summed E-state index contributed by atoms with van der Waals surface area (Å²) in [5, 5.41) is 2.83. The third-order valence-electron chi connectivity index (χ3n) is 2.44. The maximum Gasteiger partial charge on any atom is 0.313 e. The molecule has 0 N–H and O–H groups in total. The maximum absolute atomic E-state index is 11.5. The second-order valence-corrected chi connectivity index (χ2v) is 3.50. The molecule has 0 radical (unpaired) electrons. The van der Waals surface area contributed by atoms with Gasteiger partial charge in [-0.05, 0) is 36.7 Å². The molecule has 1 unspecified atom stereocenters. The highest BCUT2D eigenvalue weighted by Gasteiger charge is 2.18. The van der Waals surface area contributed by atoms with Crippen molar-refractivity contribution in [2.24, 2.45) is 5.18 Å². The summed E-state index contributed by atoms with van der Waals surface area (Å²) < 4.78 is 9.94. The lowest BCUT2D eigenvalue weighted by Gasteiger charge is -2.12. The molecule has 1 rings (SSSR count). The van der Waals surface area contributed by atoms with Crippen LogP contribution in [0.25, 0.3) is 0 Å². The number of carbonyl (C=O) groups excluding carboxylic acids is 1. The second kappa shape index (κ2) is 5.98. The highest BCUT2D eigenvalue weighted by molar-refractivity contribution is 5.78. The zero-order valence-corrected chi connectivity index (χ0v) is 10.1. The first-order chi connectivity index (χ1) is 8.13. The minimum atomic E-state index is -0.399. The molecule has 5 heteroatoms. The zero-order chi connectivity index (χ0) is 12.8. The average Bonchev–Trinajstić information content (AvgIpc) is 2.37. The van der Waals surface area contributed by atoms with Gasteiger partial charge in [0.15, 0.2) is 0 Å². The highest BCUT2D eigenvalue weighted by atomic mass is 16.5. The van der Waals surface area contributed by atoms with E-state index in [1.807, 2.05) is 0 Å². The summed E-state index contributed by atoms with van der Waals surface area (Å²) in [6.45, 7) is 3.83. The highest BCUT2D eigenvalue weighted by Crippen LogP contribution is 2.31. The first-order valence-electron chi connectivity index (χ1n) is 5.32. The van der Waals surface area contributed by atoms with Crippen LogP contribution in [0.4, 0.5) is 5.69 Å². The Bertz CT molecular complexity index is 417. The first-order valence-corrected chi connectivity index (χ1v) is 5.32. The molecule has 0 amide bonds. The van der Waals surface area contributed by atoms with Crippen molar-refractivity contribution in [3.8, 4) is 5.75 Å². The number of carbonyl (C=O) groups is 1. The van der Waals surface area contributed by atoms with Crippen molar-refractivity contribution < 1.29 is 14.3 Å². The number of hydrogen-bond donors (Lipinski definition) is 0. The lowest BCUT2D eigenvalue weighted by atomic mass is 10.0. The third kappa shape index (κ3) is 3.03. The Kier molecular flexibility index (Phi) is 4.63. The minimum absolute atomic E-state index is 0.215. The molecule has 92 valence electrons. The molecule has 0 aliphatic heterocycles. The Morgan fingerprint density at radius 1 is 1.47 bits per heavy atom. The SMILES string of the molecule is CCOC(=O)C(C)c1ccc(N=O)c(OC)c1. The van der Waals surface area contributed by atoms with Crippen molar-refractivity contribution in [2.45, 2.75) is 19.8 Å². The molecule has 0 aromatic heterocycles. The Morgan fingerprint density at radius 3 is 2.71 bits per heavy atom. The maximum atomic E-state index is 11.5. The number of rotatable bonds is 5. The fourth-order valence-electron chi connectivity index (χ4n) is 1.44. The van der Waals surface area contributed by atoms with Gasteiger partial charge in [-0.25, -0.2) is 0 Å². The fraction of sp³-hybridized carbons (Fsp3) is 0.417. The molecule has 0 aliphatic carbocycles. The average molecular weight is 237 g/mol. The number of nitroso groups, excluding NO2 is 1. The molecule has 0 fully saturated rings. The second-order valence-electron chi connectivity index (χ2n) is 3.50. The van der Waals surface area contributed by atoms with Crippen LogP contribution in [0, 0.1) is 4.91 Å². The number of nitrogens with zero attached hydrogens (tertiary/aromatic N) is 1. The number of benzene rings is 1. The van der Waals surface area contributed by atoms with Crippen LogP contribution in [0.3, 0.4) is 0 Å². The lowest BCUT2D eigenvalue weighted by Crippen LogP contribution is -2.12. The van der Waals surface area contributed by atoms with Crippen molar-refractivity contribution in [2.75, 3.05) is 13.7 Å². The van der Waals surface area contributed by atoms with Crippen molar-refractivity contribution in [3.05, 3.63) is 28.7 Å². The Balaban J connectivity index is 2.99. The number of hydrogen-bond acceptors (Lipinski definition) is 5. The van der Waals surface area contributed by atoms with Crippen LogP contribution >= 0.6 is 0 Å². The Hall–Kier alpha value is -1.91. The van der Waals surface area contributed by atoms with Gasteiger partial charge in [0.05, 0.1) is 19.6 Å². The van der Waals surface area contributed by atoms with Crippen molar-refractivity contribution in [1.82, 2.24) is 0 Å². The van der Waals surface area contributed by atoms with Crippen LogP contribution in [-0.4, -0.2) is 19.7 Å². The smallest absolute Gasteiger partial charge is 0.313 e. The van der Waals surface area contributed by atoms with E-state index in [0.29, 0.717) is 12.4 Å². The Labute approximate surface area is 99.7 Å². The van der Waals surface area contributed by atoms with E-state index in [4.69, 9.17) is 9.47 Å². The van der Waals surface area contributed by atoms with Gasteiger partial charge in [-0.15, -0.1) is 4.91 Å². The summed E-state index contributed by atoms with van der Waals surface area (Å²) in [7, 11) is 1.45. The molecule has 5 nitrogen and oxygen atoms in total. The van der Waals surface area contributed by atoms with E-state index >= 15 is 0 Å². The molecule has 0 saturated carbocycles. The standard InChI is InChI=1S/C12H15NO4/c1-4-17-12(14)8(2)9-5-6-10(13-15)11(7-9)16-3/h5-8H,4H2,1-3H3. The normalized spacial score (nSPS) is 11.7. The molecule has 0 aliphatic rings. The van der Waals surface area contributed by atoms with Gasteiger partial charge in [-0.2, -0.15) is 0 Å². The molecule has 1 atom stereocenters. The van der Waals surface area contributed by atoms with E-state index in [2.05, 4.69) is 5.18 Å². The monoisotopic (exact) mass is 237 g/mol. The summed E-state index contributed by atoms with van der Waals surface area (Å²) in [6, 6.07) is 4.82. The van der Waals surface area contributed by atoms with Gasteiger partial charge in [-0.1, -0.05) is 6.07 Å². The molecule has 17 heavy (non-hydrogen) atoms. The van der Waals surface area contributed by atoms with Crippen molar-refractivity contribution >= 4 is 11.7 Å². The summed E-state index contributed by atoms with van der Waals surface area (Å²) in [4.78, 5) is 22.0. The van der Waals surface area contributed by atoms with Gasteiger partial charge < -0.3 is 9.47 Å². The molecule has 1 aromatic carbocycles. The van der Waals surface area contributed by atoms with E-state index in [1.165, 1.54) is 13.2 Å². The summed E-state index contributed by atoms with van der Waals surface area (Å²) in [6.07, 6.45) is 0. The van der Waals surface area contributed by atoms with Crippen molar-refractivity contribution in [1.29, 1.82) is 0 Å². The van der Waals surface area contributed by atoms with Crippen LogP contribution in [0.15, 0.2) is 23.4 Å². The van der Waals surface area contributed by atoms with Gasteiger partial charge in [0.2, 0.25) is 0 Å². The molecule has 0 heterocycles. The van der Waals surface area contributed by atoms with E-state index in [0.717, 1.165) is 5.56 Å².